The van der Waals surface area contributed by atoms with Crippen molar-refractivity contribution in [1.29, 1.82) is 0 Å². The van der Waals surface area contributed by atoms with Gasteiger partial charge in [-0.3, -0.25) is 0 Å². The Balaban J connectivity index is 1.14. The third-order valence-corrected chi connectivity index (χ3v) is 10.1. The molecule has 0 N–H and O–H groups in total. The van der Waals surface area contributed by atoms with E-state index in [4.69, 9.17) is 9.40 Å². The molecule has 3 nitrogen and oxygen atoms in total. The first-order chi connectivity index (χ1) is 25.8. The first-order valence-electron chi connectivity index (χ1n) is 17.6. The molecule has 1 aromatic heterocycles. The third-order valence-electron chi connectivity index (χ3n) is 10.1. The SMILES string of the molecule is c1ccc(-c2cccc(N(c3ccc(-c4cc5ccccc5c5ccccc45)cc3)c3ccc4ccc5nc(-c6ccccc6)oc5c4c3)c2)cc1. The average Bonchev–Trinajstić information content (AvgIpc) is 3.67. The monoisotopic (exact) mass is 664 g/mol. The van der Waals surface area contributed by atoms with Gasteiger partial charge in [0.15, 0.2) is 5.58 Å². The van der Waals surface area contributed by atoms with E-state index in [2.05, 4.69) is 163 Å². The van der Waals surface area contributed by atoms with Gasteiger partial charge in [-0.1, -0.05) is 133 Å². The van der Waals surface area contributed by atoms with Crippen LogP contribution in [0.25, 0.3) is 77.1 Å². The normalized spacial score (nSPS) is 11.5. The van der Waals surface area contributed by atoms with Crippen molar-refractivity contribution in [3.05, 3.63) is 194 Å². The number of benzene rings is 9. The minimum Gasteiger partial charge on any atom is -0.435 e. The van der Waals surface area contributed by atoms with E-state index in [-0.39, 0.29) is 0 Å². The maximum absolute atomic E-state index is 6.49. The first-order valence-corrected chi connectivity index (χ1v) is 17.6. The van der Waals surface area contributed by atoms with Crippen LogP contribution < -0.4 is 4.90 Å². The topological polar surface area (TPSA) is 29.3 Å². The summed E-state index contributed by atoms with van der Waals surface area (Å²) in [4.78, 5) is 7.20. The molecule has 0 spiro atoms. The predicted octanol–water partition coefficient (Wildman–Crippen LogP) is 13.8. The number of anilines is 3. The van der Waals surface area contributed by atoms with Gasteiger partial charge in [-0.25, -0.2) is 4.98 Å². The van der Waals surface area contributed by atoms with Crippen molar-refractivity contribution in [1.82, 2.24) is 4.98 Å². The molecule has 0 atom stereocenters. The summed E-state index contributed by atoms with van der Waals surface area (Å²) in [6.07, 6.45) is 0. The number of hydrogen-bond donors (Lipinski definition) is 0. The largest absolute Gasteiger partial charge is 0.435 e. The van der Waals surface area contributed by atoms with E-state index in [1.54, 1.807) is 0 Å². The summed E-state index contributed by atoms with van der Waals surface area (Å²) >= 11 is 0. The van der Waals surface area contributed by atoms with Gasteiger partial charge in [0.05, 0.1) is 0 Å². The Morgan fingerprint density at radius 3 is 1.81 bits per heavy atom. The van der Waals surface area contributed by atoms with Gasteiger partial charge in [-0.15, -0.1) is 0 Å². The van der Waals surface area contributed by atoms with Crippen LogP contribution in [0.1, 0.15) is 0 Å². The molecular formula is C49H32N2O. The molecule has 244 valence electrons. The Labute approximate surface area is 301 Å². The number of hydrogen-bond acceptors (Lipinski definition) is 3. The molecule has 0 bridgehead atoms. The van der Waals surface area contributed by atoms with Gasteiger partial charge < -0.3 is 9.32 Å². The Morgan fingerprint density at radius 1 is 0.365 bits per heavy atom. The fourth-order valence-electron chi connectivity index (χ4n) is 7.52. The first kappa shape index (κ1) is 29.9. The molecule has 10 aromatic rings. The fourth-order valence-corrected chi connectivity index (χ4v) is 7.52. The van der Waals surface area contributed by atoms with Crippen LogP contribution in [0, 0.1) is 0 Å². The van der Waals surface area contributed by atoms with E-state index in [1.807, 2.05) is 36.4 Å². The lowest BCUT2D eigenvalue weighted by Crippen LogP contribution is -2.10. The molecule has 0 aliphatic rings. The molecule has 0 amide bonds. The van der Waals surface area contributed by atoms with E-state index in [0.29, 0.717) is 5.89 Å². The number of oxazole rings is 1. The van der Waals surface area contributed by atoms with Gasteiger partial charge in [0, 0.05) is 28.0 Å². The smallest absolute Gasteiger partial charge is 0.227 e. The lowest BCUT2D eigenvalue weighted by molar-refractivity contribution is 0.623. The van der Waals surface area contributed by atoms with Gasteiger partial charge in [0.1, 0.15) is 5.52 Å². The standard InChI is InChI=1S/C49H32N2O/c1-3-12-33(13-4-1)37-17-11-18-40(30-37)51(41-28-24-35-25-29-47-48(46(35)32-41)52-49(50-47)36-14-5-2-6-15-36)39-26-22-34(23-27-39)45-31-38-16-7-8-19-42(38)43-20-9-10-21-44(43)45/h1-32H. The lowest BCUT2D eigenvalue weighted by Gasteiger charge is -2.26. The van der Waals surface area contributed by atoms with E-state index >= 15 is 0 Å². The second-order valence-corrected chi connectivity index (χ2v) is 13.2. The molecule has 9 aromatic carbocycles. The van der Waals surface area contributed by atoms with Gasteiger partial charge in [-0.2, -0.15) is 0 Å². The Bertz CT molecular complexity index is 2890. The molecule has 0 saturated heterocycles. The number of rotatable bonds is 6. The van der Waals surface area contributed by atoms with Crippen LogP contribution in [-0.2, 0) is 0 Å². The van der Waals surface area contributed by atoms with Crippen LogP contribution in [0.2, 0.25) is 0 Å². The van der Waals surface area contributed by atoms with Crippen molar-refractivity contribution in [2.45, 2.75) is 0 Å². The van der Waals surface area contributed by atoms with Gasteiger partial charge in [-0.05, 0) is 110 Å². The average molecular weight is 665 g/mol. The van der Waals surface area contributed by atoms with E-state index in [1.165, 1.54) is 38.2 Å². The molecule has 0 fully saturated rings. The molecular weight excluding hydrogens is 633 g/mol. The fraction of sp³-hybridized carbons (Fsp3) is 0. The van der Waals surface area contributed by atoms with Gasteiger partial charge >= 0.3 is 0 Å². The number of aromatic nitrogens is 1. The summed E-state index contributed by atoms with van der Waals surface area (Å²) in [6, 6.07) is 68.9. The van der Waals surface area contributed by atoms with Gasteiger partial charge in [0.2, 0.25) is 5.89 Å². The van der Waals surface area contributed by atoms with Crippen LogP contribution in [-0.4, -0.2) is 4.98 Å². The highest BCUT2D eigenvalue weighted by Crippen LogP contribution is 2.41. The van der Waals surface area contributed by atoms with Crippen LogP contribution in [0.15, 0.2) is 199 Å². The lowest BCUT2D eigenvalue weighted by atomic mass is 9.93. The van der Waals surface area contributed by atoms with Crippen molar-refractivity contribution in [2.24, 2.45) is 0 Å². The summed E-state index contributed by atoms with van der Waals surface area (Å²) in [5.41, 5.74) is 10.5. The summed E-state index contributed by atoms with van der Waals surface area (Å²) in [7, 11) is 0. The highest BCUT2D eigenvalue weighted by molar-refractivity contribution is 6.14. The molecule has 0 aliphatic heterocycles. The quantitative estimate of drug-likeness (QED) is 0.166. The molecule has 10 rings (SSSR count). The zero-order valence-electron chi connectivity index (χ0n) is 28.3. The Hall–Kier alpha value is -6.97. The van der Waals surface area contributed by atoms with Crippen LogP contribution in [0.4, 0.5) is 17.1 Å². The zero-order valence-corrected chi connectivity index (χ0v) is 28.3. The number of fused-ring (bicyclic) bond motifs is 6. The van der Waals surface area contributed by atoms with Crippen molar-refractivity contribution in [3.8, 4) is 33.7 Å². The molecule has 0 unspecified atom stereocenters. The second kappa shape index (κ2) is 12.4. The molecule has 1 heterocycles. The molecule has 0 saturated carbocycles. The van der Waals surface area contributed by atoms with Crippen molar-refractivity contribution in [2.75, 3.05) is 4.90 Å². The highest BCUT2D eigenvalue weighted by atomic mass is 16.3. The van der Waals surface area contributed by atoms with E-state index in [9.17, 15) is 0 Å². The van der Waals surface area contributed by atoms with Crippen molar-refractivity contribution < 1.29 is 4.42 Å². The minimum atomic E-state index is 0.623. The summed E-state index contributed by atoms with van der Waals surface area (Å²) in [5, 5.41) is 7.16. The van der Waals surface area contributed by atoms with Crippen molar-refractivity contribution >= 4 is 60.5 Å². The maximum atomic E-state index is 6.49. The predicted molar refractivity (Wildman–Crippen MR) is 218 cm³/mol. The van der Waals surface area contributed by atoms with Crippen LogP contribution >= 0.6 is 0 Å². The summed E-state index contributed by atoms with van der Waals surface area (Å²) in [5.74, 6) is 0.623. The van der Waals surface area contributed by atoms with Crippen LogP contribution in [0.5, 0.6) is 0 Å². The Kier molecular flexibility index (Phi) is 7.14. The Morgan fingerprint density at radius 2 is 1.00 bits per heavy atom. The summed E-state index contributed by atoms with van der Waals surface area (Å²) in [6.45, 7) is 0. The molecule has 0 radical (unpaired) electrons. The number of nitrogens with zero attached hydrogens (tertiary/aromatic N) is 2. The zero-order chi connectivity index (χ0) is 34.4. The highest BCUT2D eigenvalue weighted by Gasteiger charge is 2.18. The molecule has 0 aliphatic carbocycles. The maximum Gasteiger partial charge on any atom is 0.227 e. The second-order valence-electron chi connectivity index (χ2n) is 13.2. The third kappa shape index (κ3) is 5.19. The van der Waals surface area contributed by atoms with Gasteiger partial charge in [0.25, 0.3) is 0 Å². The van der Waals surface area contributed by atoms with E-state index in [0.717, 1.165) is 50.1 Å². The van der Waals surface area contributed by atoms with E-state index < -0.39 is 0 Å². The minimum absolute atomic E-state index is 0.623. The van der Waals surface area contributed by atoms with Crippen LogP contribution in [0.3, 0.4) is 0 Å². The molecule has 3 heteroatoms. The summed E-state index contributed by atoms with van der Waals surface area (Å²) < 4.78 is 6.49. The van der Waals surface area contributed by atoms with Crippen molar-refractivity contribution in [3.63, 3.8) is 0 Å². The molecule has 52 heavy (non-hydrogen) atoms.